The molecule has 8 heteroatoms. The van der Waals surface area contributed by atoms with Crippen molar-refractivity contribution in [2.75, 3.05) is 32.7 Å². The SMILES string of the molecule is CCCc1ccc(S(=O)(=O)N2CCN(CC(=O)N[C@H](C)c3ccccc3Cl)CC2)cc1. The maximum atomic E-state index is 12.9. The first-order chi connectivity index (χ1) is 14.8. The van der Waals surface area contributed by atoms with E-state index in [4.69, 9.17) is 11.6 Å². The van der Waals surface area contributed by atoms with Gasteiger partial charge in [-0.3, -0.25) is 9.69 Å². The van der Waals surface area contributed by atoms with Gasteiger partial charge in [0.25, 0.3) is 0 Å². The molecule has 1 saturated heterocycles. The molecule has 6 nitrogen and oxygen atoms in total. The Balaban J connectivity index is 1.52. The van der Waals surface area contributed by atoms with E-state index in [1.165, 1.54) is 4.31 Å². The van der Waals surface area contributed by atoms with Gasteiger partial charge < -0.3 is 5.32 Å². The van der Waals surface area contributed by atoms with Crippen LogP contribution in [0.1, 0.15) is 37.4 Å². The average molecular weight is 464 g/mol. The zero-order valence-electron chi connectivity index (χ0n) is 18.1. The lowest BCUT2D eigenvalue weighted by atomic mass is 10.1. The molecule has 0 unspecified atom stereocenters. The number of piperazine rings is 1. The molecule has 1 amide bonds. The van der Waals surface area contributed by atoms with Gasteiger partial charge in [0.2, 0.25) is 15.9 Å². The Morgan fingerprint density at radius 1 is 1.06 bits per heavy atom. The summed E-state index contributed by atoms with van der Waals surface area (Å²) in [5.74, 6) is -0.102. The molecule has 0 aromatic heterocycles. The second kappa shape index (κ2) is 10.6. The lowest BCUT2D eigenvalue weighted by molar-refractivity contribution is -0.123. The van der Waals surface area contributed by atoms with Gasteiger partial charge in [-0.25, -0.2) is 8.42 Å². The molecule has 1 heterocycles. The third kappa shape index (κ3) is 6.07. The second-order valence-electron chi connectivity index (χ2n) is 7.88. The summed E-state index contributed by atoms with van der Waals surface area (Å²) >= 11 is 6.20. The highest BCUT2D eigenvalue weighted by Gasteiger charge is 2.29. The lowest BCUT2D eigenvalue weighted by Crippen LogP contribution is -2.51. The minimum absolute atomic E-state index is 0.102. The van der Waals surface area contributed by atoms with Crippen molar-refractivity contribution >= 4 is 27.5 Å². The molecule has 31 heavy (non-hydrogen) atoms. The van der Waals surface area contributed by atoms with Gasteiger partial charge in [-0.15, -0.1) is 0 Å². The Kier molecular flexibility index (Phi) is 8.11. The summed E-state index contributed by atoms with van der Waals surface area (Å²) in [7, 11) is -3.51. The van der Waals surface area contributed by atoms with Crippen molar-refractivity contribution in [1.29, 1.82) is 0 Å². The van der Waals surface area contributed by atoms with Gasteiger partial charge in [0.1, 0.15) is 0 Å². The number of benzene rings is 2. The fourth-order valence-electron chi connectivity index (χ4n) is 3.79. The lowest BCUT2D eigenvalue weighted by Gasteiger charge is -2.33. The molecule has 1 aliphatic heterocycles. The molecule has 168 valence electrons. The maximum Gasteiger partial charge on any atom is 0.243 e. The number of amides is 1. The van der Waals surface area contributed by atoms with Crippen LogP contribution >= 0.6 is 11.6 Å². The monoisotopic (exact) mass is 463 g/mol. The minimum Gasteiger partial charge on any atom is -0.348 e. The molecule has 0 aliphatic carbocycles. The van der Waals surface area contributed by atoms with E-state index in [1.807, 2.05) is 42.2 Å². The smallest absolute Gasteiger partial charge is 0.243 e. The minimum atomic E-state index is -3.51. The van der Waals surface area contributed by atoms with Gasteiger partial charge >= 0.3 is 0 Å². The molecule has 2 aromatic rings. The first kappa shape index (κ1) is 23.7. The average Bonchev–Trinajstić information content (AvgIpc) is 2.75. The largest absolute Gasteiger partial charge is 0.348 e. The molecule has 2 aromatic carbocycles. The van der Waals surface area contributed by atoms with Gasteiger partial charge in [-0.05, 0) is 42.7 Å². The van der Waals surface area contributed by atoms with Crippen molar-refractivity contribution in [2.24, 2.45) is 0 Å². The van der Waals surface area contributed by atoms with Gasteiger partial charge in [0.15, 0.2) is 0 Å². The molecule has 0 spiro atoms. The normalized spacial score (nSPS) is 16.7. The first-order valence-electron chi connectivity index (χ1n) is 10.7. The molecule has 0 bridgehead atoms. The highest BCUT2D eigenvalue weighted by Crippen LogP contribution is 2.22. The summed E-state index contributed by atoms with van der Waals surface area (Å²) in [5.41, 5.74) is 2.02. The van der Waals surface area contributed by atoms with Crippen molar-refractivity contribution < 1.29 is 13.2 Å². The molecule has 0 saturated carbocycles. The van der Waals surface area contributed by atoms with Crippen LogP contribution < -0.4 is 5.32 Å². The third-order valence-electron chi connectivity index (χ3n) is 5.55. The Morgan fingerprint density at radius 3 is 2.32 bits per heavy atom. The predicted molar refractivity (Wildman–Crippen MR) is 124 cm³/mol. The predicted octanol–water partition coefficient (Wildman–Crippen LogP) is 3.48. The first-order valence-corrected chi connectivity index (χ1v) is 12.5. The fourth-order valence-corrected chi connectivity index (χ4v) is 5.51. The van der Waals surface area contributed by atoms with Gasteiger partial charge in [-0.2, -0.15) is 4.31 Å². The van der Waals surface area contributed by atoms with Crippen molar-refractivity contribution in [3.05, 3.63) is 64.7 Å². The van der Waals surface area contributed by atoms with E-state index in [9.17, 15) is 13.2 Å². The number of hydrogen-bond acceptors (Lipinski definition) is 4. The van der Waals surface area contributed by atoms with E-state index in [0.29, 0.717) is 36.1 Å². The van der Waals surface area contributed by atoms with E-state index < -0.39 is 10.0 Å². The standard InChI is InChI=1S/C23H30ClN3O3S/c1-3-6-19-9-11-20(12-10-19)31(29,30)27-15-13-26(14-16-27)17-23(28)25-18(2)21-7-4-5-8-22(21)24/h4-5,7-12,18H,3,6,13-17H2,1-2H3,(H,25,28)/t18-/m1/s1. The zero-order valence-corrected chi connectivity index (χ0v) is 19.6. The van der Waals surface area contributed by atoms with Crippen LogP contribution in [0, 0.1) is 0 Å². The van der Waals surface area contributed by atoms with Crippen LogP contribution in [-0.2, 0) is 21.2 Å². The van der Waals surface area contributed by atoms with Crippen molar-refractivity contribution in [3.63, 3.8) is 0 Å². The number of carbonyl (C=O) groups excluding carboxylic acids is 1. The van der Waals surface area contributed by atoms with E-state index in [0.717, 1.165) is 24.0 Å². The number of aryl methyl sites for hydroxylation is 1. The Morgan fingerprint density at radius 2 is 1.71 bits per heavy atom. The molecule has 1 fully saturated rings. The summed E-state index contributed by atoms with van der Waals surface area (Å²) < 4.78 is 27.4. The number of hydrogen-bond donors (Lipinski definition) is 1. The zero-order chi connectivity index (χ0) is 22.4. The van der Waals surface area contributed by atoms with Gasteiger partial charge in [0.05, 0.1) is 17.5 Å². The number of nitrogens with zero attached hydrogens (tertiary/aromatic N) is 2. The van der Waals surface area contributed by atoms with Crippen LogP contribution in [0.15, 0.2) is 53.4 Å². The quantitative estimate of drug-likeness (QED) is 0.650. The maximum absolute atomic E-state index is 12.9. The fraction of sp³-hybridized carbons (Fsp3) is 0.435. The van der Waals surface area contributed by atoms with Crippen LogP contribution in [0.3, 0.4) is 0 Å². The molecular formula is C23H30ClN3O3S. The van der Waals surface area contributed by atoms with E-state index in [1.54, 1.807) is 18.2 Å². The van der Waals surface area contributed by atoms with E-state index in [2.05, 4.69) is 12.2 Å². The summed E-state index contributed by atoms with van der Waals surface area (Å²) in [5, 5.41) is 3.59. The second-order valence-corrected chi connectivity index (χ2v) is 10.2. The van der Waals surface area contributed by atoms with Crippen molar-refractivity contribution in [3.8, 4) is 0 Å². The van der Waals surface area contributed by atoms with Crippen LogP contribution in [0.25, 0.3) is 0 Å². The third-order valence-corrected chi connectivity index (χ3v) is 7.80. The topological polar surface area (TPSA) is 69.7 Å². The molecule has 1 aliphatic rings. The Bertz CT molecular complexity index is 987. The van der Waals surface area contributed by atoms with Crippen LogP contribution in [-0.4, -0.2) is 56.3 Å². The molecule has 0 radical (unpaired) electrons. The number of sulfonamides is 1. The highest BCUT2D eigenvalue weighted by atomic mass is 35.5. The highest BCUT2D eigenvalue weighted by molar-refractivity contribution is 7.89. The molecule has 1 N–H and O–H groups in total. The van der Waals surface area contributed by atoms with Crippen LogP contribution in [0.2, 0.25) is 5.02 Å². The number of halogens is 1. The summed E-state index contributed by atoms with van der Waals surface area (Å²) in [6, 6.07) is 14.4. The van der Waals surface area contributed by atoms with Crippen LogP contribution in [0.5, 0.6) is 0 Å². The number of nitrogens with one attached hydrogen (secondary N) is 1. The van der Waals surface area contributed by atoms with E-state index >= 15 is 0 Å². The molecular weight excluding hydrogens is 434 g/mol. The van der Waals surface area contributed by atoms with Crippen molar-refractivity contribution in [2.45, 2.75) is 37.6 Å². The Hall–Kier alpha value is -1.93. The molecule has 3 rings (SSSR count). The van der Waals surface area contributed by atoms with Crippen molar-refractivity contribution in [1.82, 2.24) is 14.5 Å². The van der Waals surface area contributed by atoms with E-state index in [-0.39, 0.29) is 18.5 Å². The summed E-state index contributed by atoms with van der Waals surface area (Å²) in [4.78, 5) is 14.8. The summed E-state index contributed by atoms with van der Waals surface area (Å²) in [6.07, 6.45) is 1.97. The van der Waals surface area contributed by atoms with Gasteiger partial charge in [0, 0.05) is 31.2 Å². The Labute approximate surface area is 190 Å². The van der Waals surface area contributed by atoms with Gasteiger partial charge in [-0.1, -0.05) is 55.3 Å². The number of carbonyl (C=O) groups is 1. The molecule has 1 atom stereocenters. The summed E-state index contributed by atoms with van der Waals surface area (Å²) in [6.45, 7) is 5.99. The number of rotatable bonds is 8. The van der Waals surface area contributed by atoms with Crippen LogP contribution in [0.4, 0.5) is 0 Å².